The molecule has 0 saturated heterocycles. The molecule has 0 bridgehead atoms. The SMILES string of the molecule is C=CC(C)(/N=C(\C=C/C)C(=O)C(=O)OCC)C(C)F. The number of carbonyl (C=O) groups is 2. The fourth-order valence-electron chi connectivity index (χ4n) is 1.18. The number of halogens is 1. The van der Waals surface area contributed by atoms with E-state index in [-0.39, 0.29) is 12.3 Å². The quantitative estimate of drug-likeness (QED) is 0.309. The number of carbonyl (C=O) groups excluding carboxylic acids is 2. The number of aliphatic imine (C=N–C) groups is 1. The van der Waals surface area contributed by atoms with Crippen LogP contribution in [0.15, 0.2) is 29.8 Å². The molecule has 0 heterocycles. The average Bonchev–Trinajstić information content (AvgIpc) is 2.37. The van der Waals surface area contributed by atoms with Gasteiger partial charge in [0.2, 0.25) is 0 Å². The fourth-order valence-corrected chi connectivity index (χ4v) is 1.18. The lowest BCUT2D eigenvalue weighted by atomic mass is 9.97. The predicted molar refractivity (Wildman–Crippen MR) is 73.1 cm³/mol. The molecular formula is C14H20FNO3. The van der Waals surface area contributed by atoms with Crippen molar-refractivity contribution in [3.63, 3.8) is 0 Å². The minimum atomic E-state index is -1.35. The minimum Gasteiger partial charge on any atom is -0.460 e. The molecule has 0 radical (unpaired) electrons. The highest BCUT2D eigenvalue weighted by atomic mass is 19.1. The van der Waals surface area contributed by atoms with Gasteiger partial charge in [-0.05, 0) is 33.8 Å². The Morgan fingerprint density at radius 1 is 1.53 bits per heavy atom. The molecule has 0 aromatic carbocycles. The largest absolute Gasteiger partial charge is 0.460 e. The van der Waals surface area contributed by atoms with Crippen LogP contribution in [0.25, 0.3) is 0 Å². The Kier molecular flexibility index (Phi) is 6.90. The number of nitrogens with zero attached hydrogens (tertiary/aromatic N) is 1. The monoisotopic (exact) mass is 269 g/mol. The maximum atomic E-state index is 13.5. The number of Topliss-reactive ketones (excluding diaryl/α,β-unsaturated/α-hetero) is 1. The first-order chi connectivity index (χ1) is 8.82. The molecule has 0 aliphatic heterocycles. The molecule has 5 heteroatoms. The van der Waals surface area contributed by atoms with E-state index in [1.165, 1.54) is 26.0 Å². The van der Waals surface area contributed by atoms with Gasteiger partial charge in [0.25, 0.3) is 5.78 Å². The third-order valence-electron chi connectivity index (χ3n) is 2.60. The molecule has 2 unspecified atom stereocenters. The molecule has 0 N–H and O–H groups in total. The summed E-state index contributed by atoms with van der Waals surface area (Å²) in [5, 5.41) is 0. The van der Waals surface area contributed by atoms with Crippen molar-refractivity contribution >= 4 is 17.5 Å². The highest BCUT2D eigenvalue weighted by molar-refractivity contribution is 6.66. The maximum Gasteiger partial charge on any atom is 0.381 e. The molecular weight excluding hydrogens is 249 g/mol. The zero-order valence-electron chi connectivity index (χ0n) is 11.8. The topological polar surface area (TPSA) is 55.7 Å². The van der Waals surface area contributed by atoms with Gasteiger partial charge < -0.3 is 4.74 Å². The van der Waals surface area contributed by atoms with Crippen LogP contribution in [0.2, 0.25) is 0 Å². The first-order valence-corrected chi connectivity index (χ1v) is 6.04. The molecule has 0 aliphatic rings. The molecule has 19 heavy (non-hydrogen) atoms. The van der Waals surface area contributed by atoms with Crippen molar-refractivity contribution in [2.45, 2.75) is 39.4 Å². The van der Waals surface area contributed by atoms with E-state index < -0.39 is 23.5 Å². The number of hydrogen-bond donors (Lipinski definition) is 0. The molecule has 4 nitrogen and oxygen atoms in total. The van der Waals surface area contributed by atoms with Crippen molar-refractivity contribution in [3.8, 4) is 0 Å². The summed E-state index contributed by atoms with van der Waals surface area (Å²) in [6, 6.07) is 0. The molecule has 0 amide bonds. The van der Waals surface area contributed by atoms with Gasteiger partial charge in [-0.2, -0.15) is 0 Å². The van der Waals surface area contributed by atoms with E-state index in [1.807, 2.05) is 0 Å². The molecule has 2 atom stereocenters. The summed E-state index contributed by atoms with van der Waals surface area (Å²) in [7, 11) is 0. The Balaban J connectivity index is 5.49. The fraction of sp³-hybridized carbons (Fsp3) is 0.500. The first kappa shape index (κ1) is 17.2. The number of allylic oxidation sites excluding steroid dienone is 2. The Bertz CT molecular complexity index is 413. The molecule has 0 saturated carbocycles. The van der Waals surface area contributed by atoms with E-state index in [4.69, 9.17) is 0 Å². The van der Waals surface area contributed by atoms with E-state index in [9.17, 15) is 14.0 Å². The molecule has 0 aliphatic carbocycles. The van der Waals surface area contributed by atoms with Crippen molar-refractivity contribution in [3.05, 3.63) is 24.8 Å². The van der Waals surface area contributed by atoms with E-state index in [2.05, 4.69) is 16.3 Å². The Morgan fingerprint density at radius 3 is 2.47 bits per heavy atom. The summed E-state index contributed by atoms with van der Waals surface area (Å²) in [6.07, 6.45) is 2.85. The van der Waals surface area contributed by atoms with E-state index in [0.717, 1.165) is 0 Å². The van der Waals surface area contributed by atoms with Gasteiger partial charge in [0, 0.05) is 0 Å². The van der Waals surface area contributed by atoms with Gasteiger partial charge in [-0.1, -0.05) is 12.2 Å². The smallest absolute Gasteiger partial charge is 0.381 e. The van der Waals surface area contributed by atoms with E-state index >= 15 is 0 Å². The Morgan fingerprint density at radius 2 is 2.11 bits per heavy atom. The van der Waals surface area contributed by atoms with Crippen LogP contribution in [0.1, 0.15) is 27.7 Å². The van der Waals surface area contributed by atoms with Crippen LogP contribution in [0.4, 0.5) is 4.39 Å². The third kappa shape index (κ3) is 4.77. The summed E-state index contributed by atoms with van der Waals surface area (Å²) >= 11 is 0. The van der Waals surface area contributed by atoms with Crippen molar-refractivity contribution in [2.24, 2.45) is 4.99 Å². The zero-order valence-corrected chi connectivity index (χ0v) is 11.8. The number of alkyl halides is 1. The number of hydrogen-bond acceptors (Lipinski definition) is 4. The summed E-state index contributed by atoms with van der Waals surface area (Å²) < 4.78 is 18.2. The van der Waals surface area contributed by atoms with Crippen molar-refractivity contribution in [1.29, 1.82) is 0 Å². The second-order valence-electron chi connectivity index (χ2n) is 4.09. The number of esters is 1. The van der Waals surface area contributed by atoms with Crippen LogP contribution in [0.5, 0.6) is 0 Å². The third-order valence-corrected chi connectivity index (χ3v) is 2.60. The number of ether oxygens (including phenoxy) is 1. The van der Waals surface area contributed by atoms with E-state index in [1.54, 1.807) is 19.9 Å². The van der Waals surface area contributed by atoms with Crippen LogP contribution < -0.4 is 0 Å². The van der Waals surface area contributed by atoms with Crippen molar-refractivity contribution in [2.75, 3.05) is 6.61 Å². The lowest BCUT2D eigenvalue weighted by molar-refractivity contribution is -0.150. The van der Waals surface area contributed by atoms with Crippen LogP contribution in [0, 0.1) is 0 Å². The Hall–Kier alpha value is -1.78. The second kappa shape index (κ2) is 7.61. The van der Waals surface area contributed by atoms with Gasteiger partial charge in [0.1, 0.15) is 17.4 Å². The predicted octanol–water partition coefficient (Wildman–Crippen LogP) is 2.44. The van der Waals surface area contributed by atoms with Crippen LogP contribution >= 0.6 is 0 Å². The zero-order chi connectivity index (χ0) is 15.1. The number of ketones is 1. The molecule has 106 valence electrons. The van der Waals surface area contributed by atoms with Gasteiger partial charge >= 0.3 is 5.97 Å². The lowest BCUT2D eigenvalue weighted by Crippen LogP contribution is -2.34. The molecule has 0 rings (SSSR count). The van der Waals surface area contributed by atoms with Gasteiger partial charge in [0.15, 0.2) is 0 Å². The average molecular weight is 269 g/mol. The summed E-state index contributed by atoms with van der Waals surface area (Å²) in [6.45, 7) is 9.66. The first-order valence-electron chi connectivity index (χ1n) is 6.04. The maximum absolute atomic E-state index is 13.5. The standard InChI is InChI=1S/C14H20FNO3/c1-6-9-11(12(17)13(18)19-8-3)16-14(5,7-2)10(4)15/h6-7,9-10H,2,8H2,1,3-5H3/b9-6-,16-11+. The van der Waals surface area contributed by atoms with Gasteiger partial charge in [0.05, 0.1) is 6.61 Å². The van der Waals surface area contributed by atoms with Crippen molar-refractivity contribution in [1.82, 2.24) is 0 Å². The minimum absolute atomic E-state index is 0.0892. The molecule has 0 aromatic rings. The van der Waals surface area contributed by atoms with Crippen LogP contribution in [0.3, 0.4) is 0 Å². The van der Waals surface area contributed by atoms with Crippen LogP contribution in [-0.4, -0.2) is 35.8 Å². The molecule has 0 aromatic heterocycles. The summed E-state index contributed by atoms with van der Waals surface area (Å²) in [5.41, 5.74) is -1.41. The van der Waals surface area contributed by atoms with E-state index in [0.29, 0.717) is 0 Å². The summed E-state index contributed by atoms with van der Waals surface area (Å²) in [4.78, 5) is 27.2. The highest BCUT2D eigenvalue weighted by Crippen LogP contribution is 2.20. The molecule has 0 fully saturated rings. The van der Waals surface area contributed by atoms with Crippen molar-refractivity contribution < 1.29 is 18.7 Å². The number of rotatable bonds is 7. The second-order valence-corrected chi connectivity index (χ2v) is 4.09. The molecule has 0 spiro atoms. The van der Waals surface area contributed by atoms with Gasteiger partial charge in [-0.15, -0.1) is 6.58 Å². The van der Waals surface area contributed by atoms with Crippen LogP contribution in [-0.2, 0) is 14.3 Å². The lowest BCUT2D eigenvalue weighted by Gasteiger charge is -2.23. The summed E-state index contributed by atoms with van der Waals surface area (Å²) in [5.74, 6) is -1.90. The normalized spacial score (nSPS) is 16.8. The Labute approximate surface area is 113 Å². The van der Waals surface area contributed by atoms with Gasteiger partial charge in [-0.3, -0.25) is 9.79 Å². The van der Waals surface area contributed by atoms with Gasteiger partial charge in [-0.25, -0.2) is 9.18 Å². The highest BCUT2D eigenvalue weighted by Gasteiger charge is 2.30.